The summed E-state index contributed by atoms with van der Waals surface area (Å²) in [6, 6.07) is 2.10. The van der Waals surface area contributed by atoms with Gasteiger partial charge in [-0.3, -0.25) is 0 Å². The summed E-state index contributed by atoms with van der Waals surface area (Å²) in [7, 11) is 0. The van der Waals surface area contributed by atoms with E-state index in [0.717, 1.165) is 0 Å². The van der Waals surface area contributed by atoms with Gasteiger partial charge in [-0.1, -0.05) is 13.8 Å². The van der Waals surface area contributed by atoms with Gasteiger partial charge in [0.25, 0.3) is 0 Å². The van der Waals surface area contributed by atoms with E-state index in [4.69, 9.17) is 16.9 Å². The molecule has 0 fully saturated rings. The molecule has 0 aliphatic rings. The number of rotatable bonds is 3. The average Bonchev–Trinajstić information content (AvgIpc) is 2.16. The maximum atomic E-state index is 8.89. The first-order valence-corrected chi connectivity index (χ1v) is 5.33. The fourth-order valence-corrected chi connectivity index (χ4v) is 1.15. The van der Waals surface area contributed by atoms with Crippen molar-refractivity contribution < 1.29 is 0 Å². The molecule has 0 unspecified atom stereocenters. The summed E-state index contributed by atoms with van der Waals surface area (Å²) >= 11 is 5.78. The van der Waals surface area contributed by atoms with Crippen LogP contribution in [0.4, 0.5) is 5.95 Å². The number of anilines is 1. The zero-order valence-corrected chi connectivity index (χ0v) is 10.5. The van der Waals surface area contributed by atoms with Gasteiger partial charge in [-0.2, -0.15) is 15.2 Å². The van der Waals surface area contributed by atoms with Gasteiger partial charge in [-0.15, -0.1) is 0 Å². The van der Waals surface area contributed by atoms with Crippen molar-refractivity contribution in [2.24, 2.45) is 0 Å². The Balaban J connectivity index is 3.03. The minimum atomic E-state index is -0.737. The number of nitrogens with one attached hydrogen (secondary N) is 1. The lowest BCUT2D eigenvalue weighted by molar-refractivity contribution is 0.700. The standard InChI is InChI=1S/C10H14ClN5/c1-6(2)7-13-8(11)15-9(14-7)16-10(3,4)5-12/h6H,1-4H3,(H,13,14,15,16). The van der Waals surface area contributed by atoms with E-state index < -0.39 is 5.54 Å². The van der Waals surface area contributed by atoms with Crippen molar-refractivity contribution in [3.63, 3.8) is 0 Å². The molecule has 1 aromatic rings. The second-order valence-corrected chi connectivity index (χ2v) is 4.64. The van der Waals surface area contributed by atoms with Crippen LogP contribution in [-0.2, 0) is 0 Å². The van der Waals surface area contributed by atoms with E-state index in [9.17, 15) is 0 Å². The lowest BCUT2D eigenvalue weighted by Gasteiger charge is -2.17. The first kappa shape index (κ1) is 12.7. The second-order valence-electron chi connectivity index (χ2n) is 4.30. The zero-order valence-electron chi connectivity index (χ0n) is 9.74. The highest BCUT2D eigenvalue weighted by molar-refractivity contribution is 6.28. The molecule has 0 aliphatic carbocycles. The molecule has 0 spiro atoms. The Kier molecular flexibility index (Phi) is 3.66. The van der Waals surface area contributed by atoms with Gasteiger partial charge < -0.3 is 5.32 Å². The summed E-state index contributed by atoms with van der Waals surface area (Å²) < 4.78 is 0. The molecule has 0 bridgehead atoms. The SMILES string of the molecule is CC(C)c1nc(Cl)nc(NC(C)(C)C#N)n1. The topological polar surface area (TPSA) is 74.5 Å². The predicted molar refractivity (Wildman–Crippen MR) is 62.2 cm³/mol. The van der Waals surface area contributed by atoms with Crippen molar-refractivity contribution in [3.05, 3.63) is 11.1 Å². The average molecular weight is 240 g/mol. The molecular weight excluding hydrogens is 226 g/mol. The summed E-state index contributed by atoms with van der Waals surface area (Å²) in [5.74, 6) is 1.10. The summed E-state index contributed by atoms with van der Waals surface area (Å²) in [5.41, 5.74) is -0.737. The van der Waals surface area contributed by atoms with Crippen molar-refractivity contribution >= 4 is 17.5 Å². The predicted octanol–water partition coefficient (Wildman–Crippen LogP) is 2.36. The quantitative estimate of drug-likeness (QED) is 0.877. The van der Waals surface area contributed by atoms with E-state index >= 15 is 0 Å². The van der Waals surface area contributed by atoms with Crippen LogP contribution in [0.2, 0.25) is 5.28 Å². The Labute approximate surface area is 99.9 Å². The highest BCUT2D eigenvalue weighted by atomic mass is 35.5. The molecule has 5 nitrogen and oxygen atoms in total. The molecule has 1 aromatic heterocycles. The van der Waals surface area contributed by atoms with E-state index in [1.165, 1.54) is 0 Å². The summed E-state index contributed by atoms with van der Waals surface area (Å²) in [4.78, 5) is 12.1. The Morgan fingerprint density at radius 3 is 2.44 bits per heavy atom. The molecule has 0 saturated heterocycles. The molecule has 0 aromatic carbocycles. The molecular formula is C10H14ClN5. The summed E-state index contributed by atoms with van der Waals surface area (Å²) in [6.45, 7) is 7.40. The molecule has 0 aliphatic heterocycles. The molecule has 0 atom stereocenters. The molecule has 0 saturated carbocycles. The number of aromatic nitrogens is 3. The lowest BCUT2D eigenvalue weighted by atomic mass is 10.1. The fraction of sp³-hybridized carbons (Fsp3) is 0.600. The van der Waals surface area contributed by atoms with Crippen LogP contribution in [0, 0.1) is 11.3 Å². The van der Waals surface area contributed by atoms with E-state index in [1.807, 2.05) is 13.8 Å². The van der Waals surface area contributed by atoms with Crippen LogP contribution in [0.3, 0.4) is 0 Å². The number of hydrogen-bond acceptors (Lipinski definition) is 5. The highest BCUT2D eigenvalue weighted by Crippen LogP contribution is 2.16. The Hall–Kier alpha value is -1.41. The monoisotopic (exact) mass is 239 g/mol. The third-order valence-corrected chi connectivity index (χ3v) is 2.01. The van der Waals surface area contributed by atoms with Crippen LogP contribution in [0.5, 0.6) is 0 Å². The van der Waals surface area contributed by atoms with Crippen LogP contribution >= 0.6 is 11.6 Å². The first-order valence-electron chi connectivity index (χ1n) is 4.95. The third kappa shape index (κ3) is 3.31. The number of nitriles is 1. The van der Waals surface area contributed by atoms with Gasteiger partial charge in [0.05, 0.1) is 6.07 Å². The zero-order chi connectivity index (χ0) is 12.3. The normalized spacial score (nSPS) is 11.3. The van der Waals surface area contributed by atoms with Gasteiger partial charge in [0.2, 0.25) is 11.2 Å². The maximum Gasteiger partial charge on any atom is 0.228 e. The molecule has 0 radical (unpaired) electrons. The molecule has 1 N–H and O–H groups in total. The number of nitrogens with zero attached hydrogens (tertiary/aromatic N) is 4. The molecule has 1 rings (SSSR count). The fourth-order valence-electron chi connectivity index (χ4n) is 0.987. The van der Waals surface area contributed by atoms with Crippen molar-refractivity contribution in [2.45, 2.75) is 39.2 Å². The van der Waals surface area contributed by atoms with Crippen molar-refractivity contribution in [2.75, 3.05) is 5.32 Å². The van der Waals surface area contributed by atoms with E-state index in [-0.39, 0.29) is 11.2 Å². The molecule has 16 heavy (non-hydrogen) atoms. The minimum Gasteiger partial charge on any atom is -0.336 e. The molecule has 86 valence electrons. The Bertz CT molecular complexity index is 422. The maximum absolute atomic E-state index is 8.89. The smallest absolute Gasteiger partial charge is 0.228 e. The van der Waals surface area contributed by atoms with E-state index in [0.29, 0.717) is 11.8 Å². The van der Waals surface area contributed by atoms with Gasteiger partial charge >= 0.3 is 0 Å². The molecule has 6 heteroatoms. The first-order chi connectivity index (χ1) is 7.34. The van der Waals surface area contributed by atoms with Gasteiger partial charge in [-0.05, 0) is 25.4 Å². The van der Waals surface area contributed by atoms with Gasteiger partial charge in [0, 0.05) is 5.92 Å². The van der Waals surface area contributed by atoms with Crippen LogP contribution in [0.25, 0.3) is 0 Å². The minimum absolute atomic E-state index is 0.134. The van der Waals surface area contributed by atoms with Crippen LogP contribution in [-0.4, -0.2) is 20.5 Å². The second kappa shape index (κ2) is 4.62. The van der Waals surface area contributed by atoms with Gasteiger partial charge in [-0.25, -0.2) is 4.98 Å². The van der Waals surface area contributed by atoms with Crippen molar-refractivity contribution in [3.8, 4) is 6.07 Å². The van der Waals surface area contributed by atoms with E-state index in [1.54, 1.807) is 13.8 Å². The van der Waals surface area contributed by atoms with Crippen LogP contribution in [0.1, 0.15) is 39.4 Å². The van der Waals surface area contributed by atoms with Crippen molar-refractivity contribution in [1.29, 1.82) is 5.26 Å². The molecule has 0 amide bonds. The van der Waals surface area contributed by atoms with Gasteiger partial charge in [0.1, 0.15) is 11.4 Å². The third-order valence-electron chi connectivity index (χ3n) is 1.85. The number of hydrogen-bond donors (Lipinski definition) is 1. The van der Waals surface area contributed by atoms with Gasteiger partial charge in [0.15, 0.2) is 0 Å². The number of halogens is 1. The summed E-state index contributed by atoms with van der Waals surface area (Å²) in [5, 5.41) is 11.9. The Morgan fingerprint density at radius 1 is 1.31 bits per heavy atom. The van der Waals surface area contributed by atoms with Crippen LogP contribution < -0.4 is 5.32 Å². The van der Waals surface area contributed by atoms with E-state index in [2.05, 4.69) is 26.3 Å². The molecule has 1 heterocycles. The summed E-state index contributed by atoms with van der Waals surface area (Å²) in [6.07, 6.45) is 0. The largest absolute Gasteiger partial charge is 0.336 e. The van der Waals surface area contributed by atoms with Crippen LogP contribution in [0.15, 0.2) is 0 Å². The lowest BCUT2D eigenvalue weighted by Crippen LogP contribution is -2.30. The van der Waals surface area contributed by atoms with Crippen molar-refractivity contribution in [1.82, 2.24) is 15.0 Å². The highest BCUT2D eigenvalue weighted by Gasteiger charge is 2.18. The Morgan fingerprint density at radius 2 is 1.94 bits per heavy atom.